The zero-order chi connectivity index (χ0) is 15.2. The first-order valence-electron chi connectivity index (χ1n) is 6.89. The van der Waals surface area contributed by atoms with Gasteiger partial charge in [0.2, 0.25) is 0 Å². The second-order valence-electron chi connectivity index (χ2n) is 4.95. The third-order valence-electron chi connectivity index (χ3n) is 3.47. The molecule has 0 saturated carbocycles. The Hall–Kier alpha value is -2.07. The van der Waals surface area contributed by atoms with Crippen molar-refractivity contribution < 1.29 is 14.2 Å². The number of ether oxygens (including phenoxy) is 1. The highest BCUT2D eigenvalue weighted by Crippen LogP contribution is 2.27. The van der Waals surface area contributed by atoms with Gasteiger partial charge in [0.25, 0.3) is 0 Å². The van der Waals surface area contributed by atoms with Crippen molar-refractivity contribution in [3.05, 3.63) is 59.9 Å². The number of anilines is 1. The summed E-state index contributed by atoms with van der Waals surface area (Å²) in [7, 11) is 3.57. The Morgan fingerprint density at radius 2 is 1.95 bits per heavy atom. The van der Waals surface area contributed by atoms with Crippen molar-refractivity contribution in [1.29, 1.82) is 0 Å². The van der Waals surface area contributed by atoms with E-state index in [4.69, 9.17) is 4.74 Å². The van der Waals surface area contributed by atoms with E-state index in [0.29, 0.717) is 18.5 Å². The molecule has 1 N–H and O–H groups in total. The molecule has 0 radical (unpaired) electrons. The lowest BCUT2D eigenvalue weighted by molar-refractivity contribution is 0.169. The molecule has 0 saturated heterocycles. The van der Waals surface area contributed by atoms with E-state index in [1.807, 2.05) is 36.2 Å². The molecular formula is C17H20FNO2. The van der Waals surface area contributed by atoms with Crippen molar-refractivity contribution in [3.8, 4) is 5.75 Å². The summed E-state index contributed by atoms with van der Waals surface area (Å²) in [6, 6.07) is 13.8. The quantitative estimate of drug-likeness (QED) is 0.884. The van der Waals surface area contributed by atoms with Gasteiger partial charge in [-0.2, -0.15) is 0 Å². The lowest BCUT2D eigenvalue weighted by Crippen LogP contribution is -2.21. The summed E-state index contributed by atoms with van der Waals surface area (Å²) in [6.45, 7) is 0.637. The minimum Gasteiger partial charge on any atom is -0.495 e. The molecule has 2 aromatic rings. The highest BCUT2D eigenvalue weighted by atomic mass is 19.1. The number of hydrogen-bond acceptors (Lipinski definition) is 3. The molecule has 2 aromatic carbocycles. The maximum Gasteiger partial charge on any atom is 0.142 e. The molecule has 1 atom stereocenters. The highest BCUT2D eigenvalue weighted by molar-refractivity contribution is 5.57. The Kier molecular flexibility index (Phi) is 5.17. The second kappa shape index (κ2) is 7.09. The molecule has 0 aliphatic carbocycles. The Balaban J connectivity index is 1.99. The zero-order valence-electron chi connectivity index (χ0n) is 12.3. The van der Waals surface area contributed by atoms with Crippen LogP contribution in [0.15, 0.2) is 48.5 Å². The van der Waals surface area contributed by atoms with Crippen LogP contribution in [0.2, 0.25) is 0 Å². The van der Waals surface area contributed by atoms with Gasteiger partial charge in [-0.15, -0.1) is 0 Å². The summed E-state index contributed by atoms with van der Waals surface area (Å²) in [5, 5.41) is 10.1. The predicted molar refractivity (Wildman–Crippen MR) is 82.2 cm³/mol. The minimum absolute atomic E-state index is 0.329. The number of aliphatic hydroxyl groups is 1. The third-order valence-corrected chi connectivity index (χ3v) is 3.47. The van der Waals surface area contributed by atoms with Crippen LogP contribution in [-0.2, 0) is 0 Å². The molecule has 2 rings (SSSR count). The third kappa shape index (κ3) is 3.95. The number of benzene rings is 2. The molecule has 21 heavy (non-hydrogen) atoms. The Morgan fingerprint density at radius 1 is 1.19 bits per heavy atom. The fourth-order valence-corrected chi connectivity index (χ4v) is 2.26. The highest BCUT2D eigenvalue weighted by Gasteiger charge is 2.12. The van der Waals surface area contributed by atoms with E-state index in [9.17, 15) is 9.50 Å². The van der Waals surface area contributed by atoms with Gasteiger partial charge < -0.3 is 14.7 Å². The summed E-state index contributed by atoms with van der Waals surface area (Å²) in [4.78, 5) is 2.02. The van der Waals surface area contributed by atoms with Crippen LogP contribution in [-0.4, -0.2) is 25.8 Å². The van der Waals surface area contributed by atoms with Gasteiger partial charge in [-0.1, -0.05) is 24.3 Å². The van der Waals surface area contributed by atoms with Crippen molar-refractivity contribution in [2.24, 2.45) is 0 Å². The van der Waals surface area contributed by atoms with Gasteiger partial charge in [0.15, 0.2) is 0 Å². The van der Waals surface area contributed by atoms with Crippen molar-refractivity contribution >= 4 is 5.69 Å². The molecule has 0 amide bonds. The first kappa shape index (κ1) is 15.3. The van der Waals surface area contributed by atoms with Gasteiger partial charge in [0.1, 0.15) is 11.6 Å². The van der Waals surface area contributed by atoms with Gasteiger partial charge in [0.05, 0.1) is 18.9 Å². The molecule has 0 bridgehead atoms. The van der Waals surface area contributed by atoms with Crippen LogP contribution in [0.1, 0.15) is 18.1 Å². The zero-order valence-corrected chi connectivity index (χ0v) is 12.3. The maximum absolute atomic E-state index is 13.2. The van der Waals surface area contributed by atoms with Crippen molar-refractivity contribution in [2.75, 3.05) is 25.6 Å². The molecule has 4 heteroatoms. The number of nitrogens with zero attached hydrogens (tertiary/aromatic N) is 1. The van der Waals surface area contributed by atoms with Crippen molar-refractivity contribution in [3.63, 3.8) is 0 Å². The molecule has 1 unspecified atom stereocenters. The number of methoxy groups -OCH3 is 1. The van der Waals surface area contributed by atoms with E-state index in [1.165, 1.54) is 12.1 Å². The monoisotopic (exact) mass is 289 g/mol. The molecule has 0 fully saturated rings. The number of para-hydroxylation sites is 2. The van der Waals surface area contributed by atoms with E-state index in [1.54, 1.807) is 19.2 Å². The van der Waals surface area contributed by atoms with Crippen molar-refractivity contribution in [2.45, 2.75) is 12.5 Å². The predicted octanol–water partition coefficient (Wildman–Crippen LogP) is 3.39. The van der Waals surface area contributed by atoms with Crippen LogP contribution in [0.3, 0.4) is 0 Å². The van der Waals surface area contributed by atoms with E-state index in [0.717, 1.165) is 11.4 Å². The first-order chi connectivity index (χ1) is 10.1. The summed E-state index contributed by atoms with van der Waals surface area (Å²) < 4.78 is 18.5. The van der Waals surface area contributed by atoms with Crippen LogP contribution in [0.5, 0.6) is 5.75 Å². The maximum atomic E-state index is 13.2. The number of hydrogen-bond donors (Lipinski definition) is 1. The lowest BCUT2D eigenvalue weighted by Gasteiger charge is -2.23. The van der Waals surface area contributed by atoms with Gasteiger partial charge in [0, 0.05) is 13.6 Å². The van der Waals surface area contributed by atoms with Gasteiger partial charge >= 0.3 is 0 Å². The summed E-state index contributed by atoms with van der Waals surface area (Å²) in [5.41, 5.74) is 1.56. The van der Waals surface area contributed by atoms with E-state index < -0.39 is 6.10 Å². The lowest BCUT2D eigenvalue weighted by atomic mass is 10.1. The van der Waals surface area contributed by atoms with Gasteiger partial charge in [-0.25, -0.2) is 4.39 Å². The fourth-order valence-electron chi connectivity index (χ4n) is 2.26. The molecule has 0 aliphatic heterocycles. The molecule has 3 nitrogen and oxygen atoms in total. The smallest absolute Gasteiger partial charge is 0.142 e. The SMILES string of the molecule is COc1ccccc1N(C)CCC(O)c1cccc(F)c1. The van der Waals surface area contributed by atoms with Crippen LogP contribution < -0.4 is 9.64 Å². The normalized spacial score (nSPS) is 12.0. The topological polar surface area (TPSA) is 32.7 Å². The second-order valence-corrected chi connectivity index (χ2v) is 4.95. The molecule has 0 aliphatic rings. The van der Waals surface area contributed by atoms with Crippen LogP contribution in [0.25, 0.3) is 0 Å². The summed E-state index contributed by atoms with van der Waals surface area (Å²) in [5.74, 6) is 0.463. The number of rotatable bonds is 6. The molecule has 0 spiro atoms. The Labute approximate surface area is 124 Å². The molecule has 0 heterocycles. The average molecular weight is 289 g/mol. The van der Waals surface area contributed by atoms with Gasteiger partial charge in [-0.3, -0.25) is 0 Å². The fraction of sp³-hybridized carbons (Fsp3) is 0.294. The van der Waals surface area contributed by atoms with E-state index >= 15 is 0 Å². The molecular weight excluding hydrogens is 269 g/mol. The Morgan fingerprint density at radius 3 is 2.67 bits per heavy atom. The number of aliphatic hydroxyl groups excluding tert-OH is 1. The first-order valence-corrected chi connectivity index (χ1v) is 6.89. The Bertz CT molecular complexity index is 589. The van der Waals surface area contributed by atoms with Crippen molar-refractivity contribution in [1.82, 2.24) is 0 Å². The van der Waals surface area contributed by atoms with Crippen LogP contribution >= 0.6 is 0 Å². The standard InChI is InChI=1S/C17H20FNO2/c1-19(15-8-3-4-9-17(15)21-2)11-10-16(20)13-6-5-7-14(18)12-13/h3-9,12,16,20H,10-11H2,1-2H3. The summed E-state index contributed by atoms with van der Waals surface area (Å²) >= 11 is 0. The van der Waals surface area contributed by atoms with E-state index in [2.05, 4.69) is 0 Å². The summed E-state index contributed by atoms with van der Waals surface area (Å²) in [6.07, 6.45) is -0.171. The minimum atomic E-state index is -0.683. The molecule has 0 aromatic heterocycles. The van der Waals surface area contributed by atoms with Crippen LogP contribution in [0, 0.1) is 5.82 Å². The van der Waals surface area contributed by atoms with Gasteiger partial charge in [-0.05, 0) is 36.2 Å². The molecule has 112 valence electrons. The van der Waals surface area contributed by atoms with Crippen LogP contribution in [0.4, 0.5) is 10.1 Å². The average Bonchev–Trinajstić information content (AvgIpc) is 2.52. The largest absolute Gasteiger partial charge is 0.495 e. The number of halogens is 1. The van der Waals surface area contributed by atoms with E-state index in [-0.39, 0.29) is 5.82 Å².